The Kier molecular flexibility index (Phi) is 7.87. The van der Waals surface area contributed by atoms with Gasteiger partial charge in [-0.15, -0.1) is 0 Å². The molecule has 3 rings (SSSR count). The molecule has 0 heterocycles. The van der Waals surface area contributed by atoms with Crippen LogP contribution in [0.15, 0.2) is 60.7 Å². The van der Waals surface area contributed by atoms with Crippen LogP contribution in [0, 0.1) is 5.82 Å². The van der Waals surface area contributed by atoms with E-state index < -0.39 is 30.2 Å². The summed E-state index contributed by atoms with van der Waals surface area (Å²) in [7, 11) is 1.19. The summed E-state index contributed by atoms with van der Waals surface area (Å²) in [6.45, 7) is -0.416. The Morgan fingerprint density at radius 2 is 1.64 bits per heavy atom. The third kappa shape index (κ3) is 6.44. The quantitative estimate of drug-likeness (QED) is 0.444. The maximum Gasteiger partial charge on any atom is 0.339 e. The van der Waals surface area contributed by atoms with E-state index in [2.05, 4.69) is 10.6 Å². The summed E-state index contributed by atoms with van der Waals surface area (Å²) in [5.74, 6) is -2.03. The molecule has 0 aliphatic rings. The fourth-order valence-corrected chi connectivity index (χ4v) is 3.07. The number of rotatable bonds is 7. The molecule has 0 unspecified atom stereocenters. The van der Waals surface area contributed by atoms with E-state index in [-0.39, 0.29) is 27.6 Å². The van der Waals surface area contributed by atoms with Gasteiger partial charge in [-0.2, -0.15) is 0 Å². The van der Waals surface area contributed by atoms with Crippen molar-refractivity contribution < 1.29 is 28.2 Å². The SMILES string of the molecule is COC(=O)c1ccc(C(=O)Nc2cc(Cl)ccc2Cl)cc1NC(=O)COc1ccc(F)cc1. The van der Waals surface area contributed by atoms with Crippen LogP contribution in [-0.4, -0.2) is 31.5 Å². The minimum absolute atomic E-state index is 0.0324. The predicted molar refractivity (Wildman–Crippen MR) is 123 cm³/mol. The molecule has 3 aromatic rings. The Morgan fingerprint density at radius 1 is 0.909 bits per heavy atom. The molecule has 10 heteroatoms. The number of benzene rings is 3. The van der Waals surface area contributed by atoms with Gasteiger partial charge >= 0.3 is 5.97 Å². The van der Waals surface area contributed by atoms with Crippen molar-refractivity contribution in [2.24, 2.45) is 0 Å². The van der Waals surface area contributed by atoms with Crippen molar-refractivity contribution in [3.05, 3.63) is 87.7 Å². The Bertz CT molecular complexity index is 1200. The van der Waals surface area contributed by atoms with Crippen molar-refractivity contribution in [3.63, 3.8) is 0 Å². The van der Waals surface area contributed by atoms with Gasteiger partial charge in [-0.3, -0.25) is 9.59 Å². The summed E-state index contributed by atoms with van der Waals surface area (Å²) in [4.78, 5) is 37.2. The first-order valence-corrected chi connectivity index (χ1v) is 10.2. The lowest BCUT2D eigenvalue weighted by Crippen LogP contribution is -2.22. The zero-order valence-corrected chi connectivity index (χ0v) is 18.7. The molecule has 33 heavy (non-hydrogen) atoms. The average Bonchev–Trinajstić information content (AvgIpc) is 2.80. The highest BCUT2D eigenvalue weighted by Gasteiger charge is 2.18. The van der Waals surface area contributed by atoms with E-state index in [0.29, 0.717) is 10.7 Å². The van der Waals surface area contributed by atoms with Crippen LogP contribution < -0.4 is 15.4 Å². The molecule has 0 atom stereocenters. The first-order valence-electron chi connectivity index (χ1n) is 9.44. The largest absolute Gasteiger partial charge is 0.484 e. The second-order valence-electron chi connectivity index (χ2n) is 6.62. The highest BCUT2D eigenvalue weighted by molar-refractivity contribution is 6.35. The molecule has 0 bridgehead atoms. The molecule has 2 N–H and O–H groups in total. The zero-order valence-electron chi connectivity index (χ0n) is 17.2. The molecule has 0 spiro atoms. The Morgan fingerprint density at radius 3 is 2.33 bits per heavy atom. The Hall–Kier alpha value is -3.62. The van der Waals surface area contributed by atoms with Crippen molar-refractivity contribution in [2.75, 3.05) is 24.4 Å². The number of amides is 2. The van der Waals surface area contributed by atoms with E-state index in [4.69, 9.17) is 32.7 Å². The van der Waals surface area contributed by atoms with Gasteiger partial charge in [-0.25, -0.2) is 9.18 Å². The molecule has 7 nitrogen and oxygen atoms in total. The number of halogens is 3. The van der Waals surface area contributed by atoms with Gasteiger partial charge in [0.15, 0.2) is 6.61 Å². The lowest BCUT2D eigenvalue weighted by Gasteiger charge is -2.13. The van der Waals surface area contributed by atoms with E-state index >= 15 is 0 Å². The number of carbonyl (C=O) groups is 3. The maximum absolute atomic E-state index is 13.0. The highest BCUT2D eigenvalue weighted by Crippen LogP contribution is 2.27. The summed E-state index contributed by atoms with van der Waals surface area (Å²) in [5.41, 5.74) is 0.502. The van der Waals surface area contributed by atoms with Crippen LogP contribution in [0.2, 0.25) is 10.0 Å². The number of anilines is 2. The monoisotopic (exact) mass is 490 g/mol. The number of hydrogen-bond donors (Lipinski definition) is 2. The van der Waals surface area contributed by atoms with Crippen LogP contribution in [-0.2, 0) is 9.53 Å². The normalized spacial score (nSPS) is 10.3. The van der Waals surface area contributed by atoms with Gasteiger partial charge in [-0.1, -0.05) is 23.2 Å². The van der Waals surface area contributed by atoms with Gasteiger partial charge in [-0.05, 0) is 60.7 Å². The van der Waals surface area contributed by atoms with Crippen LogP contribution in [0.5, 0.6) is 5.75 Å². The lowest BCUT2D eigenvalue weighted by molar-refractivity contribution is -0.118. The molecular weight excluding hydrogens is 474 g/mol. The second kappa shape index (κ2) is 10.8. The topological polar surface area (TPSA) is 93.7 Å². The van der Waals surface area contributed by atoms with E-state index in [1.165, 1.54) is 61.7 Å². The van der Waals surface area contributed by atoms with Crippen LogP contribution in [0.25, 0.3) is 0 Å². The van der Waals surface area contributed by atoms with Crippen molar-refractivity contribution in [3.8, 4) is 5.75 Å². The molecule has 0 radical (unpaired) electrons. The van der Waals surface area contributed by atoms with Gasteiger partial charge in [0.05, 0.1) is 29.1 Å². The summed E-state index contributed by atoms with van der Waals surface area (Å²) < 4.78 is 23.0. The number of esters is 1. The molecule has 170 valence electrons. The maximum atomic E-state index is 13.0. The standard InChI is InChI=1S/C23H17Cl2FN2O5/c1-32-23(31)17-8-2-13(22(30)28-20-11-14(24)3-9-18(20)25)10-19(17)27-21(29)12-33-16-6-4-15(26)5-7-16/h2-11H,12H2,1H3,(H,27,29)(H,28,30). The van der Waals surface area contributed by atoms with Gasteiger partial charge < -0.3 is 20.1 Å². The minimum Gasteiger partial charge on any atom is -0.484 e. The summed E-state index contributed by atoms with van der Waals surface area (Å²) in [5, 5.41) is 5.81. The number of carbonyl (C=O) groups excluding carboxylic acids is 3. The fraction of sp³-hybridized carbons (Fsp3) is 0.0870. The number of nitrogens with one attached hydrogen (secondary N) is 2. The molecule has 3 aromatic carbocycles. The van der Waals surface area contributed by atoms with Crippen molar-refractivity contribution >= 4 is 52.4 Å². The van der Waals surface area contributed by atoms with Gasteiger partial charge in [0.2, 0.25) is 0 Å². The highest BCUT2D eigenvalue weighted by atomic mass is 35.5. The second-order valence-corrected chi connectivity index (χ2v) is 7.46. The summed E-state index contributed by atoms with van der Waals surface area (Å²) in [6.07, 6.45) is 0. The number of hydrogen-bond acceptors (Lipinski definition) is 5. The average molecular weight is 491 g/mol. The molecule has 0 saturated heterocycles. The predicted octanol–water partition coefficient (Wildman–Crippen LogP) is 5.19. The van der Waals surface area contributed by atoms with Gasteiger partial charge in [0.25, 0.3) is 11.8 Å². The minimum atomic E-state index is -0.713. The van der Waals surface area contributed by atoms with Crippen molar-refractivity contribution in [1.29, 1.82) is 0 Å². The van der Waals surface area contributed by atoms with Gasteiger partial charge in [0.1, 0.15) is 11.6 Å². The van der Waals surface area contributed by atoms with Crippen LogP contribution >= 0.6 is 23.2 Å². The molecule has 0 aliphatic carbocycles. The third-order valence-electron chi connectivity index (χ3n) is 4.32. The Balaban J connectivity index is 1.78. The van der Waals surface area contributed by atoms with Crippen molar-refractivity contribution in [2.45, 2.75) is 0 Å². The molecule has 0 saturated carbocycles. The number of ether oxygens (including phenoxy) is 2. The zero-order chi connectivity index (χ0) is 24.0. The summed E-state index contributed by atoms with van der Waals surface area (Å²) >= 11 is 12.0. The molecule has 0 aliphatic heterocycles. The first kappa shape index (κ1) is 24.0. The third-order valence-corrected chi connectivity index (χ3v) is 4.89. The van der Waals surface area contributed by atoms with E-state index in [0.717, 1.165) is 0 Å². The Labute approximate surface area is 198 Å². The smallest absolute Gasteiger partial charge is 0.339 e. The van der Waals surface area contributed by atoms with Crippen molar-refractivity contribution in [1.82, 2.24) is 0 Å². The van der Waals surface area contributed by atoms with Crippen LogP contribution in [0.4, 0.5) is 15.8 Å². The van der Waals surface area contributed by atoms with E-state index in [1.807, 2.05) is 0 Å². The number of methoxy groups -OCH3 is 1. The molecule has 0 fully saturated rings. The summed E-state index contributed by atoms with van der Waals surface area (Å²) in [6, 6.07) is 13.8. The van der Waals surface area contributed by atoms with E-state index in [9.17, 15) is 18.8 Å². The van der Waals surface area contributed by atoms with E-state index in [1.54, 1.807) is 6.07 Å². The molecule has 2 amide bonds. The van der Waals surface area contributed by atoms with Gasteiger partial charge in [0, 0.05) is 10.6 Å². The molecular formula is C23H17Cl2FN2O5. The molecule has 0 aromatic heterocycles. The van der Waals surface area contributed by atoms with Crippen LogP contribution in [0.1, 0.15) is 20.7 Å². The lowest BCUT2D eigenvalue weighted by atomic mass is 10.1. The first-order chi connectivity index (χ1) is 15.8. The fourth-order valence-electron chi connectivity index (χ4n) is 2.73. The van der Waals surface area contributed by atoms with Crippen LogP contribution in [0.3, 0.4) is 0 Å².